The monoisotopic (exact) mass is 308 g/mol. The highest BCUT2D eigenvalue weighted by Crippen LogP contribution is 2.36. The van der Waals surface area contributed by atoms with E-state index in [-0.39, 0.29) is 6.04 Å². The molecule has 0 radical (unpaired) electrons. The van der Waals surface area contributed by atoms with Crippen molar-refractivity contribution in [2.45, 2.75) is 70.9 Å². The van der Waals surface area contributed by atoms with Gasteiger partial charge in [-0.25, -0.2) is 0 Å². The standard InChI is InChI=1S/C18H29ClN2/c1-3-8-16-10-5-6-12-21(16)18-14(13-15(20)4-2)9-7-11-17(18)19/h7,9,11,15-16H,3-6,8,10,12-13,20H2,1-2H3. The van der Waals surface area contributed by atoms with Crippen molar-refractivity contribution in [1.82, 2.24) is 0 Å². The molecular formula is C18H29ClN2. The van der Waals surface area contributed by atoms with E-state index in [0.29, 0.717) is 6.04 Å². The molecule has 0 spiro atoms. The largest absolute Gasteiger partial charge is 0.367 e. The maximum atomic E-state index is 6.57. The lowest BCUT2D eigenvalue weighted by molar-refractivity contribution is 0.433. The molecule has 1 heterocycles. The van der Waals surface area contributed by atoms with Gasteiger partial charge >= 0.3 is 0 Å². The average molecular weight is 309 g/mol. The molecule has 1 aromatic rings. The predicted octanol–water partition coefficient (Wildman–Crippen LogP) is 4.78. The van der Waals surface area contributed by atoms with E-state index in [1.807, 2.05) is 6.07 Å². The summed E-state index contributed by atoms with van der Waals surface area (Å²) in [5.41, 5.74) is 8.76. The molecule has 1 saturated heterocycles. The lowest BCUT2D eigenvalue weighted by Crippen LogP contribution is -2.40. The molecular weight excluding hydrogens is 280 g/mol. The molecule has 2 rings (SSSR count). The van der Waals surface area contributed by atoms with E-state index >= 15 is 0 Å². The minimum Gasteiger partial charge on any atom is -0.367 e. The van der Waals surface area contributed by atoms with Gasteiger partial charge in [0.2, 0.25) is 0 Å². The quantitative estimate of drug-likeness (QED) is 0.819. The zero-order valence-electron chi connectivity index (χ0n) is 13.4. The van der Waals surface area contributed by atoms with Crippen molar-refractivity contribution >= 4 is 17.3 Å². The van der Waals surface area contributed by atoms with Crippen LogP contribution in [0.2, 0.25) is 5.02 Å². The molecule has 0 saturated carbocycles. The summed E-state index contributed by atoms with van der Waals surface area (Å²) in [5, 5.41) is 0.888. The molecule has 118 valence electrons. The van der Waals surface area contributed by atoms with Crippen molar-refractivity contribution in [3.63, 3.8) is 0 Å². The van der Waals surface area contributed by atoms with Crippen LogP contribution in [0.4, 0.5) is 5.69 Å². The molecule has 2 N–H and O–H groups in total. The van der Waals surface area contributed by atoms with Crippen LogP contribution < -0.4 is 10.6 Å². The SMILES string of the molecule is CCCC1CCCCN1c1c(Cl)cccc1CC(N)CC. The Balaban J connectivity index is 2.31. The molecule has 21 heavy (non-hydrogen) atoms. The Bertz CT molecular complexity index is 445. The van der Waals surface area contributed by atoms with E-state index < -0.39 is 0 Å². The third kappa shape index (κ3) is 4.14. The fraction of sp³-hybridized carbons (Fsp3) is 0.667. The van der Waals surface area contributed by atoms with E-state index in [2.05, 4.69) is 30.9 Å². The first kappa shape index (κ1) is 16.6. The molecule has 2 nitrogen and oxygen atoms in total. The van der Waals surface area contributed by atoms with Crippen LogP contribution in [0.1, 0.15) is 57.9 Å². The first-order valence-corrected chi connectivity index (χ1v) is 8.84. The predicted molar refractivity (Wildman–Crippen MR) is 93.3 cm³/mol. The summed E-state index contributed by atoms with van der Waals surface area (Å²) in [5.74, 6) is 0. The summed E-state index contributed by atoms with van der Waals surface area (Å²) >= 11 is 6.57. The van der Waals surface area contributed by atoms with Gasteiger partial charge < -0.3 is 10.6 Å². The van der Waals surface area contributed by atoms with Crippen LogP contribution in [0, 0.1) is 0 Å². The first-order chi connectivity index (χ1) is 10.2. The van der Waals surface area contributed by atoms with Crippen LogP contribution in [0.5, 0.6) is 0 Å². The molecule has 0 aliphatic carbocycles. The van der Waals surface area contributed by atoms with Crippen LogP contribution >= 0.6 is 11.6 Å². The smallest absolute Gasteiger partial charge is 0.0642 e. The van der Waals surface area contributed by atoms with E-state index in [0.717, 1.165) is 24.4 Å². The maximum absolute atomic E-state index is 6.57. The average Bonchev–Trinajstić information content (AvgIpc) is 2.49. The van der Waals surface area contributed by atoms with Crippen LogP contribution in [0.25, 0.3) is 0 Å². The van der Waals surface area contributed by atoms with Gasteiger partial charge in [0.25, 0.3) is 0 Å². The molecule has 0 aromatic heterocycles. The van der Waals surface area contributed by atoms with E-state index in [4.69, 9.17) is 17.3 Å². The van der Waals surface area contributed by atoms with Gasteiger partial charge in [-0.2, -0.15) is 0 Å². The Morgan fingerprint density at radius 3 is 2.86 bits per heavy atom. The molecule has 0 bridgehead atoms. The first-order valence-electron chi connectivity index (χ1n) is 8.47. The Morgan fingerprint density at radius 1 is 1.33 bits per heavy atom. The molecule has 1 aliphatic rings. The minimum atomic E-state index is 0.219. The second-order valence-electron chi connectivity index (χ2n) is 6.25. The van der Waals surface area contributed by atoms with Gasteiger partial charge in [0.15, 0.2) is 0 Å². The molecule has 1 aromatic carbocycles. The fourth-order valence-corrected chi connectivity index (χ4v) is 3.70. The van der Waals surface area contributed by atoms with Crippen molar-refractivity contribution in [2.24, 2.45) is 5.73 Å². The van der Waals surface area contributed by atoms with Crippen molar-refractivity contribution in [2.75, 3.05) is 11.4 Å². The molecule has 0 amide bonds. The number of para-hydroxylation sites is 1. The number of piperidine rings is 1. The number of nitrogens with two attached hydrogens (primary N) is 1. The fourth-order valence-electron chi connectivity index (χ4n) is 3.40. The Hall–Kier alpha value is -0.730. The zero-order valence-corrected chi connectivity index (χ0v) is 14.2. The van der Waals surface area contributed by atoms with Gasteiger partial charge in [0, 0.05) is 18.6 Å². The lowest BCUT2D eigenvalue weighted by atomic mass is 9.95. The molecule has 2 atom stereocenters. The summed E-state index contributed by atoms with van der Waals surface area (Å²) < 4.78 is 0. The lowest BCUT2D eigenvalue weighted by Gasteiger charge is -2.39. The van der Waals surface area contributed by atoms with Crippen molar-refractivity contribution in [3.8, 4) is 0 Å². The van der Waals surface area contributed by atoms with E-state index in [1.165, 1.54) is 43.4 Å². The Morgan fingerprint density at radius 2 is 2.14 bits per heavy atom. The highest BCUT2D eigenvalue weighted by molar-refractivity contribution is 6.33. The normalized spacial score (nSPS) is 20.6. The van der Waals surface area contributed by atoms with Gasteiger partial charge in [-0.1, -0.05) is 44.0 Å². The number of hydrogen-bond acceptors (Lipinski definition) is 2. The highest BCUT2D eigenvalue weighted by atomic mass is 35.5. The van der Waals surface area contributed by atoms with Crippen LogP contribution in [0.3, 0.4) is 0 Å². The number of nitrogens with zero attached hydrogens (tertiary/aromatic N) is 1. The van der Waals surface area contributed by atoms with Crippen molar-refractivity contribution in [3.05, 3.63) is 28.8 Å². The van der Waals surface area contributed by atoms with Gasteiger partial charge in [-0.15, -0.1) is 0 Å². The van der Waals surface area contributed by atoms with Gasteiger partial charge in [-0.3, -0.25) is 0 Å². The number of benzene rings is 1. The van der Waals surface area contributed by atoms with Crippen LogP contribution in [-0.2, 0) is 6.42 Å². The number of rotatable bonds is 6. The second-order valence-corrected chi connectivity index (χ2v) is 6.66. The van der Waals surface area contributed by atoms with E-state index in [9.17, 15) is 0 Å². The van der Waals surface area contributed by atoms with Gasteiger partial charge in [0.1, 0.15) is 0 Å². The molecule has 3 heteroatoms. The van der Waals surface area contributed by atoms with Gasteiger partial charge in [-0.05, 0) is 50.2 Å². The summed E-state index contributed by atoms with van der Waals surface area (Å²) in [7, 11) is 0. The highest BCUT2D eigenvalue weighted by Gasteiger charge is 2.25. The summed E-state index contributed by atoms with van der Waals surface area (Å²) in [6.07, 6.45) is 8.31. The van der Waals surface area contributed by atoms with Crippen LogP contribution in [-0.4, -0.2) is 18.6 Å². The van der Waals surface area contributed by atoms with Crippen molar-refractivity contribution in [1.29, 1.82) is 0 Å². The molecule has 1 aliphatic heterocycles. The number of anilines is 1. The second kappa shape index (κ2) is 8.05. The number of hydrogen-bond donors (Lipinski definition) is 1. The number of halogens is 1. The summed E-state index contributed by atoms with van der Waals surface area (Å²) in [6.45, 7) is 5.55. The van der Waals surface area contributed by atoms with Gasteiger partial charge in [0.05, 0.1) is 10.7 Å². The van der Waals surface area contributed by atoms with Crippen LogP contribution in [0.15, 0.2) is 18.2 Å². The Labute approximate surface area is 134 Å². The Kier molecular flexibility index (Phi) is 6.38. The summed E-state index contributed by atoms with van der Waals surface area (Å²) in [6, 6.07) is 7.14. The topological polar surface area (TPSA) is 29.3 Å². The zero-order chi connectivity index (χ0) is 15.2. The maximum Gasteiger partial charge on any atom is 0.0642 e. The third-order valence-electron chi connectivity index (χ3n) is 4.61. The summed E-state index contributed by atoms with van der Waals surface area (Å²) in [4.78, 5) is 2.56. The van der Waals surface area contributed by atoms with E-state index in [1.54, 1.807) is 0 Å². The third-order valence-corrected chi connectivity index (χ3v) is 4.92. The molecule has 1 fully saturated rings. The van der Waals surface area contributed by atoms with Crippen molar-refractivity contribution < 1.29 is 0 Å². The minimum absolute atomic E-state index is 0.219. The molecule has 2 unspecified atom stereocenters.